The van der Waals surface area contributed by atoms with Crippen molar-refractivity contribution in [1.82, 2.24) is 4.98 Å². The minimum absolute atomic E-state index is 0.799. The molecule has 2 aromatic heterocycles. The van der Waals surface area contributed by atoms with E-state index in [0.29, 0.717) is 0 Å². The molecule has 2 aromatic rings. The summed E-state index contributed by atoms with van der Waals surface area (Å²) < 4.78 is 0. The molecule has 2 nitrogen and oxygen atoms in total. The third-order valence-electron chi connectivity index (χ3n) is 2.20. The van der Waals surface area contributed by atoms with Crippen molar-refractivity contribution in [2.75, 3.05) is 11.9 Å². The third kappa shape index (κ3) is 3.32. The molecule has 0 aliphatic carbocycles. The number of thiophene rings is 1. The lowest BCUT2D eigenvalue weighted by Crippen LogP contribution is -2.05. The maximum Gasteiger partial charge on any atom is 0.126 e. The van der Waals surface area contributed by atoms with Crippen LogP contribution in [0.2, 0.25) is 0 Å². The standard InChI is InChI=1S/C12H13BrN2S/c13-9-10-3-1-5-12(15-10)14-7-6-11-4-2-8-16-11/h1-5,8H,6-7,9H2,(H,14,15). The lowest BCUT2D eigenvalue weighted by molar-refractivity contribution is 1.02. The van der Waals surface area contributed by atoms with Gasteiger partial charge >= 0.3 is 0 Å². The molecule has 0 atom stereocenters. The van der Waals surface area contributed by atoms with E-state index in [0.717, 1.165) is 29.8 Å². The molecular weight excluding hydrogens is 284 g/mol. The lowest BCUT2D eigenvalue weighted by Gasteiger charge is -2.05. The summed E-state index contributed by atoms with van der Waals surface area (Å²) in [6, 6.07) is 10.3. The highest BCUT2D eigenvalue weighted by molar-refractivity contribution is 9.08. The van der Waals surface area contributed by atoms with Gasteiger partial charge < -0.3 is 5.32 Å². The second-order valence-corrected chi connectivity index (χ2v) is 5.00. The van der Waals surface area contributed by atoms with Crippen LogP contribution in [-0.4, -0.2) is 11.5 Å². The second kappa shape index (κ2) is 6.01. The van der Waals surface area contributed by atoms with E-state index in [1.165, 1.54) is 4.88 Å². The van der Waals surface area contributed by atoms with Gasteiger partial charge in [-0.25, -0.2) is 4.98 Å². The normalized spacial score (nSPS) is 10.3. The molecular formula is C12H13BrN2S. The van der Waals surface area contributed by atoms with Gasteiger partial charge in [0.25, 0.3) is 0 Å². The summed E-state index contributed by atoms with van der Waals surface area (Å²) in [5.74, 6) is 0.952. The number of aromatic nitrogens is 1. The minimum Gasteiger partial charge on any atom is -0.370 e. The number of pyridine rings is 1. The smallest absolute Gasteiger partial charge is 0.126 e. The van der Waals surface area contributed by atoms with Crippen LogP contribution in [0.3, 0.4) is 0 Å². The Balaban J connectivity index is 1.85. The number of hydrogen-bond acceptors (Lipinski definition) is 3. The molecule has 0 bridgehead atoms. The van der Waals surface area contributed by atoms with E-state index in [1.807, 2.05) is 18.2 Å². The van der Waals surface area contributed by atoms with Crippen LogP contribution in [-0.2, 0) is 11.8 Å². The summed E-state index contributed by atoms with van der Waals surface area (Å²) in [6.07, 6.45) is 1.05. The zero-order valence-corrected chi connectivity index (χ0v) is 11.2. The largest absolute Gasteiger partial charge is 0.370 e. The molecule has 0 spiro atoms. The zero-order valence-electron chi connectivity index (χ0n) is 8.82. The van der Waals surface area contributed by atoms with Crippen LogP contribution in [0.4, 0.5) is 5.82 Å². The first kappa shape index (κ1) is 11.6. The highest BCUT2D eigenvalue weighted by Crippen LogP contribution is 2.11. The molecule has 2 rings (SSSR count). The maximum atomic E-state index is 4.46. The number of rotatable bonds is 5. The zero-order chi connectivity index (χ0) is 11.2. The van der Waals surface area contributed by atoms with Crippen LogP contribution >= 0.6 is 27.3 Å². The van der Waals surface area contributed by atoms with E-state index in [1.54, 1.807) is 11.3 Å². The number of hydrogen-bond donors (Lipinski definition) is 1. The van der Waals surface area contributed by atoms with Crippen molar-refractivity contribution in [2.24, 2.45) is 0 Å². The summed E-state index contributed by atoms with van der Waals surface area (Å²) in [5.41, 5.74) is 1.06. The summed E-state index contributed by atoms with van der Waals surface area (Å²) >= 11 is 5.20. The van der Waals surface area contributed by atoms with Gasteiger partial charge in [0.05, 0.1) is 5.69 Å². The molecule has 0 amide bonds. The minimum atomic E-state index is 0.799. The highest BCUT2D eigenvalue weighted by Gasteiger charge is 1.97. The average Bonchev–Trinajstić information content (AvgIpc) is 2.82. The van der Waals surface area contributed by atoms with Crippen molar-refractivity contribution in [3.05, 3.63) is 46.3 Å². The van der Waals surface area contributed by atoms with Gasteiger partial charge in [0.2, 0.25) is 0 Å². The van der Waals surface area contributed by atoms with E-state index in [2.05, 4.69) is 43.7 Å². The number of nitrogens with one attached hydrogen (secondary N) is 1. The lowest BCUT2D eigenvalue weighted by atomic mass is 10.3. The molecule has 0 saturated heterocycles. The van der Waals surface area contributed by atoms with Gasteiger partial charge in [-0.2, -0.15) is 0 Å². The average molecular weight is 297 g/mol. The van der Waals surface area contributed by atoms with Gasteiger partial charge in [-0.1, -0.05) is 28.1 Å². The van der Waals surface area contributed by atoms with Crippen LogP contribution in [0.15, 0.2) is 35.7 Å². The molecule has 84 valence electrons. The number of nitrogens with zero attached hydrogens (tertiary/aromatic N) is 1. The van der Waals surface area contributed by atoms with E-state index in [9.17, 15) is 0 Å². The van der Waals surface area contributed by atoms with Crippen LogP contribution in [0.1, 0.15) is 10.6 Å². The Morgan fingerprint density at radius 2 is 2.19 bits per heavy atom. The van der Waals surface area contributed by atoms with E-state index in [-0.39, 0.29) is 0 Å². The van der Waals surface area contributed by atoms with Gasteiger partial charge in [0.15, 0.2) is 0 Å². The van der Waals surface area contributed by atoms with E-state index < -0.39 is 0 Å². The fraction of sp³-hybridized carbons (Fsp3) is 0.250. The predicted octanol–water partition coefficient (Wildman–Crippen LogP) is 3.69. The topological polar surface area (TPSA) is 24.9 Å². The Labute approximate surface area is 108 Å². The van der Waals surface area contributed by atoms with E-state index >= 15 is 0 Å². The van der Waals surface area contributed by atoms with Crippen molar-refractivity contribution in [3.63, 3.8) is 0 Å². The third-order valence-corrected chi connectivity index (χ3v) is 3.71. The summed E-state index contributed by atoms with van der Waals surface area (Å²) in [7, 11) is 0. The predicted molar refractivity (Wildman–Crippen MR) is 73.4 cm³/mol. The van der Waals surface area contributed by atoms with Crippen LogP contribution in [0, 0.1) is 0 Å². The maximum absolute atomic E-state index is 4.46. The molecule has 0 fully saturated rings. The molecule has 0 aliphatic rings. The Bertz CT molecular complexity index is 428. The number of halogens is 1. The second-order valence-electron chi connectivity index (χ2n) is 3.40. The van der Waals surface area contributed by atoms with Crippen molar-refractivity contribution in [1.29, 1.82) is 0 Å². The van der Waals surface area contributed by atoms with Gasteiger partial charge in [-0.05, 0) is 30.0 Å². The van der Waals surface area contributed by atoms with Crippen molar-refractivity contribution in [2.45, 2.75) is 11.8 Å². The van der Waals surface area contributed by atoms with Gasteiger partial charge in [0, 0.05) is 16.8 Å². The Morgan fingerprint density at radius 1 is 1.25 bits per heavy atom. The van der Waals surface area contributed by atoms with Crippen LogP contribution < -0.4 is 5.32 Å². The van der Waals surface area contributed by atoms with Gasteiger partial charge in [0.1, 0.15) is 5.82 Å². The molecule has 0 saturated carbocycles. The quantitative estimate of drug-likeness (QED) is 0.851. The summed E-state index contributed by atoms with van der Waals surface area (Å²) in [4.78, 5) is 5.86. The Kier molecular flexibility index (Phi) is 4.36. The fourth-order valence-corrected chi connectivity index (χ4v) is 2.44. The van der Waals surface area contributed by atoms with Crippen LogP contribution in [0.5, 0.6) is 0 Å². The monoisotopic (exact) mass is 296 g/mol. The molecule has 1 N–H and O–H groups in total. The first-order chi connectivity index (χ1) is 7.88. The molecule has 0 unspecified atom stereocenters. The van der Waals surface area contributed by atoms with Crippen molar-refractivity contribution in [3.8, 4) is 0 Å². The molecule has 16 heavy (non-hydrogen) atoms. The molecule has 4 heteroatoms. The van der Waals surface area contributed by atoms with Gasteiger partial charge in [-0.3, -0.25) is 0 Å². The molecule has 0 aromatic carbocycles. The highest BCUT2D eigenvalue weighted by atomic mass is 79.9. The molecule has 0 radical (unpaired) electrons. The first-order valence-electron chi connectivity index (χ1n) is 5.16. The number of alkyl halides is 1. The van der Waals surface area contributed by atoms with E-state index in [4.69, 9.17) is 0 Å². The Morgan fingerprint density at radius 3 is 2.94 bits per heavy atom. The fourth-order valence-electron chi connectivity index (χ4n) is 1.42. The summed E-state index contributed by atoms with van der Waals surface area (Å²) in [5, 5.41) is 6.24. The SMILES string of the molecule is BrCc1cccc(NCCc2cccs2)n1. The summed E-state index contributed by atoms with van der Waals surface area (Å²) in [6.45, 7) is 0.930. The molecule has 0 aliphatic heterocycles. The molecule has 2 heterocycles. The Hall–Kier alpha value is -0.870. The van der Waals surface area contributed by atoms with Crippen molar-refractivity contribution >= 4 is 33.1 Å². The van der Waals surface area contributed by atoms with Crippen molar-refractivity contribution < 1.29 is 0 Å². The van der Waals surface area contributed by atoms with Crippen LogP contribution in [0.25, 0.3) is 0 Å². The number of anilines is 1. The van der Waals surface area contributed by atoms with Gasteiger partial charge in [-0.15, -0.1) is 11.3 Å². The first-order valence-corrected chi connectivity index (χ1v) is 7.17.